The molecule has 1 aromatic heterocycles. The van der Waals surface area contributed by atoms with Crippen molar-refractivity contribution in [3.05, 3.63) is 88.4 Å². The number of hydrogen-bond donors (Lipinski definition) is 3. The number of carbonyl (C=O) groups excluding carboxylic acids is 1. The maximum absolute atomic E-state index is 12.2. The third-order valence-electron chi connectivity index (χ3n) is 7.01. The molecule has 36 heavy (non-hydrogen) atoms. The summed E-state index contributed by atoms with van der Waals surface area (Å²) >= 11 is 6.19. The smallest absolute Gasteiger partial charge is 0.227 e. The van der Waals surface area contributed by atoms with Crippen LogP contribution in [0.2, 0.25) is 5.02 Å². The van der Waals surface area contributed by atoms with Crippen LogP contribution >= 0.6 is 11.6 Å². The van der Waals surface area contributed by atoms with E-state index in [1.165, 1.54) is 0 Å². The number of fused-ring (bicyclic) bond motifs is 1. The highest BCUT2D eigenvalue weighted by atomic mass is 35.5. The highest BCUT2D eigenvalue weighted by Crippen LogP contribution is 2.34. The van der Waals surface area contributed by atoms with E-state index in [2.05, 4.69) is 11.9 Å². The summed E-state index contributed by atoms with van der Waals surface area (Å²) in [6.45, 7) is 4.81. The van der Waals surface area contributed by atoms with Gasteiger partial charge in [-0.15, -0.1) is 0 Å². The lowest BCUT2D eigenvalue weighted by Crippen LogP contribution is -2.31. The zero-order valence-corrected chi connectivity index (χ0v) is 21.1. The van der Waals surface area contributed by atoms with Crippen molar-refractivity contribution in [2.24, 2.45) is 10.7 Å². The van der Waals surface area contributed by atoms with Crippen molar-refractivity contribution in [3.63, 3.8) is 0 Å². The van der Waals surface area contributed by atoms with Crippen LogP contribution in [-0.4, -0.2) is 28.3 Å². The predicted octanol–water partition coefficient (Wildman–Crippen LogP) is 6.41. The SMILES string of the molecule is CCC(C)(N)c1ccc(N=C(c2ccc(N3CCCC3=O)cc2)c2c(O)[nH]c3cc(Cl)ccc23)cc1. The third kappa shape index (κ3) is 4.50. The monoisotopic (exact) mass is 500 g/mol. The topological polar surface area (TPSA) is 94.7 Å². The minimum absolute atomic E-state index is 0.0157. The van der Waals surface area contributed by atoms with Crippen LogP contribution in [0.5, 0.6) is 5.88 Å². The fourth-order valence-corrected chi connectivity index (χ4v) is 4.80. The highest BCUT2D eigenvalue weighted by molar-refractivity contribution is 6.31. The predicted molar refractivity (Wildman–Crippen MR) is 147 cm³/mol. The van der Waals surface area contributed by atoms with Crippen molar-refractivity contribution < 1.29 is 9.90 Å². The number of aromatic amines is 1. The maximum atomic E-state index is 12.2. The standard InChI is InChI=1S/C29H29ClN4O2/c1-3-29(2,31)19-8-11-21(12-9-19)32-27(26-23-15-10-20(30)17-24(23)33-28(26)36)18-6-13-22(14-7-18)34-16-4-5-25(34)35/h6-15,17,33,36H,3-5,16,31H2,1-2H3. The molecule has 0 spiro atoms. The van der Waals surface area contributed by atoms with Crippen molar-refractivity contribution in [3.8, 4) is 5.88 Å². The summed E-state index contributed by atoms with van der Waals surface area (Å²) in [5.74, 6) is 0.156. The quantitative estimate of drug-likeness (QED) is 0.267. The van der Waals surface area contributed by atoms with Crippen LogP contribution in [0, 0.1) is 0 Å². The number of rotatable bonds is 6. The van der Waals surface area contributed by atoms with Crippen molar-refractivity contribution in [1.82, 2.24) is 4.98 Å². The second-order valence-corrected chi connectivity index (χ2v) is 9.95. The fraction of sp³-hybridized carbons (Fsp3) is 0.241. The lowest BCUT2D eigenvalue weighted by atomic mass is 9.90. The number of aliphatic imine (C=N–C) groups is 1. The second-order valence-electron chi connectivity index (χ2n) is 9.51. The molecule has 0 bridgehead atoms. The minimum atomic E-state index is -0.414. The summed E-state index contributed by atoms with van der Waals surface area (Å²) in [6.07, 6.45) is 2.27. The number of aromatic hydroxyl groups is 1. The number of nitrogens with two attached hydrogens (primary N) is 1. The van der Waals surface area contributed by atoms with Gasteiger partial charge in [0.25, 0.3) is 0 Å². The summed E-state index contributed by atoms with van der Waals surface area (Å²) in [5.41, 5.74) is 11.4. The van der Waals surface area contributed by atoms with Gasteiger partial charge in [-0.25, -0.2) is 4.99 Å². The minimum Gasteiger partial charge on any atom is -0.494 e. The molecule has 1 fully saturated rings. The lowest BCUT2D eigenvalue weighted by Gasteiger charge is -2.23. The number of nitrogens with one attached hydrogen (secondary N) is 1. The average molecular weight is 501 g/mol. The Bertz CT molecular complexity index is 1450. The van der Waals surface area contributed by atoms with Gasteiger partial charge in [-0.05, 0) is 61.7 Å². The van der Waals surface area contributed by atoms with Crippen LogP contribution < -0.4 is 10.6 Å². The first-order valence-electron chi connectivity index (χ1n) is 12.2. The summed E-state index contributed by atoms with van der Waals surface area (Å²) in [7, 11) is 0. The Morgan fingerprint density at radius 3 is 2.50 bits per heavy atom. The molecule has 184 valence electrons. The summed E-state index contributed by atoms with van der Waals surface area (Å²) in [4.78, 5) is 22.0. The fourth-order valence-electron chi connectivity index (χ4n) is 4.63. The summed E-state index contributed by atoms with van der Waals surface area (Å²) in [5, 5.41) is 12.3. The molecule has 0 aliphatic carbocycles. The number of anilines is 1. The highest BCUT2D eigenvalue weighted by Gasteiger charge is 2.23. The van der Waals surface area contributed by atoms with Gasteiger partial charge in [0.15, 0.2) is 5.88 Å². The molecule has 1 unspecified atom stereocenters. The van der Waals surface area contributed by atoms with E-state index in [1.54, 1.807) is 12.1 Å². The number of aromatic nitrogens is 1. The van der Waals surface area contributed by atoms with Crippen molar-refractivity contribution in [2.45, 2.75) is 38.6 Å². The lowest BCUT2D eigenvalue weighted by molar-refractivity contribution is -0.117. The Morgan fingerprint density at radius 1 is 1.14 bits per heavy atom. The third-order valence-corrected chi connectivity index (χ3v) is 7.24. The van der Waals surface area contributed by atoms with E-state index in [1.807, 2.05) is 66.4 Å². The molecular weight excluding hydrogens is 472 g/mol. The molecule has 0 radical (unpaired) electrons. The average Bonchev–Trinajstić information content (AvgIpc) is 3.44. The zero-order chi connectivity index (χ0) is 25.4. The van der Waals surface area contributed by atoms with Gasteiger partial charge in [0, 0.05) is 40.2 Å². The van der Waals surface area contributed by atoms with Crippen molar-refractivity contribution in [2.75, 3.05) is 11.4 Å². The van der Waals surface area contributed by atoms with E-state index in [-0.39, 0.29) is 11.8 Å². The first kappa shape index (κ1) is 24.1. The van der Waals surface area contributed by atoms with Crippen molar-refractivity contribution >= 4 is 45.5 Å². The Morgan fingerprint density at radius 2 is 1.86 bits per heavy atom. The number of hydrogen-bond acceptors (Lipinski definition) is 4. The number of halogens is 1. The molecule has 7 heteroatoms. The summed E-state index contributed by atoms with van der Waals surface area (Å²) in [6, 6.07) is 21.1. The van der Waals surface area contributed by atoms with Gasteiger partial charge in [0.1, 0.15) is 0 Å². The van der Waals surface area contributed by atoms with Crippen LogP contribution in [0.3, 0.4) is 0 Å². The molecule has 6 nitrogen and oxygen atoms in total. The van der Waals surface area contributed by atoms with Crippen LogP contribution in [0.1, 0.15) is 49.8 Å². The number of nitrogens with zero attached hydrogens (tertiary/aromatic N) is 2. The van der Waals surface area contributed by atoms with Crippen molar-refractivity contribution in [1.29, 1.82) is 0 Å². The second kappa shape index (κ2) is 9.45. The largest absolute Gasteiger partial charge is 0.494 e. The molecule has 3 aromatic carbocycles. The van der Waals surface area contributed by atoms with Crippen LogP contribution in [-0.2, 0) is 10.3 Å². The molecule has 1 aliphatic rings. The zero-order valence-electron chi connectivity index (χ0n) is 20.4. The van der Waals surface area contributed by atoms with E-state index in [0.29, 0.717) is 22.7 Å². The van der Waals surface area contributed by atoms with Gasteiger partial charge < -0.3 is 20.7 Å². The number of benzene rings is 3. The van der Waals surface area contributed by atoms with Crippen LogP contribution in [0.25, 0.3) is 10.9 Å². The van der Waals surface area contributed by atoms with Gasteiger partial charge >= 0.3 is 0 Å². The molecule has 5 rings (SSSR count). The molecule has 1 atom stereocenters. The summed E-state index contributed by atoms with van der Waals surface area (Å²) < 4.78 is 0. The van der Waals surface area contributed by atoms with E-state index >= 15 is 0 Å². The van der Waals surface area contributed by atoms with E-state index in [0.717, 1.165) is 52.8 Å². The first-order chi connectivity index (χ1) is 17.3. The van der Waals surface area contributed by atoms with Gasteiger partial charge in [-0.1, -0.05) is 48.9 Å². The molecule has 1 amide bonds. The Labute approximate surface area is 215 Å². The maximum Gasteiger partial charge on any atom is 0.227 e. The van der Waals surface area contributed by atoms with Crippen LogP contribution in [0.15, 0.2) is 71.7 Å². The first-order valence-corrected chi connectivity index (χ1v) is 12.5. The van der Waals surface area contributed by atoms with E-state index in [9.17, 15) is 9.90 Å². The molecule has 4 aromatic rings. The molecule has 0 saturated carbocycles. The van der Waals surface area contributed by atoms with Crippen LogP contribution in [0.4, 0.5) is 11.4 Å². The van der Waals surface area contributed by atoms with Gasteiger partial charge in [0.05, 0.1) is 22.5 Å². The normalized spacial score (nSPS) is 16.1. The van der Waals surface area contributed by atoms with Gasteiger partial charge in [0.2, 0.25) is 5.91 Å². The number of amides is 1. The number of H-pyrrole nitrogens is 1. The van der Waals surface area contributed by atoms with Gasteiger partial charge in [-0.3, -0.25) is 4.79 Å². The Balaban J connectivity index is 1.62. The van der Waals surface area contributed by atoms with Gasteiger partial charge in [-0.2, -0.15) is 0 Å². The molecule has 1 saturated heterocycles. The molecular formula is C29H29ClN4O2. The Kier molecular flexibility index (Phi) is 6.33. The molecule has 2 heterocycles. The molecule has 4 N–H and O–H groups in total. The van der Waals surface area contributed by atoms with E-state index in [4.69, 9.17) is 22.3 Å². The molecule has 1 aliphatic heterocycles. The van der Waals surface area contributed by atoms with E-state index < -0.39 is 5.54 Å². The Hall–Kier alpha value is -3.61. The number of carbonyl (C=O) groups is 1.